The van der Waals surface area contributed by atoms with Gasteiger partial charge in [-0.25, -0.2) is 18.6 Å². The molecule has 0 saturated heterocycles. The number of hydrogen-bond donors (Lipinski definition) is 2. The van der Waals surface area contributed by atoms with E-state index in [-0.39, 0.29) is 9.79 Å². The lowest BCUT2D eigenvalue weighted by Gasteiger charge is -2.05. The summed E-state index contributed by atoms with van der Waals surface area (Å²) in [5.74, 6) is 0. The number of sulfone groups is 1. The molecule has 6 nitrogen and oxygen atoms in total. The Morgan fingerprint density at radius 2 is 1.55 bits per heavy atom. The van der Waals surface area contributed by atoms with Crippen molar-refractivity contribution in [2.24, 2.45) is 10.8 Å². The van der Waals surface area contributed by atoms with Crippen molar-refractivity contribution in [1.82, 2.24) is 5.43 Å². The minimum atomic E-state index is -3.54. The number of carbonyl (C=O) groups is 1. The van der Waals surface area contributed by atoms with Crippen LogP contribution in [0.25, 0.3) is 0 Å². The SMILES string of the molecule is Cc1ccc(S(=O)(=O)c2ccc(C=NNC(N)=O)cc2)cc1. The minimum Gasteiger partial charge on any atom is -0.350 e. The predicted molar refractivity (Wildman–Crippen MR) is 83.4 cm³/mol. The van der Waals surface area contributed by atoms with E-state index in [0.29, 0.717) is 5.56 Å². The zero-order chi connectivity index (χ0) is 16.2. The van der Waals surface area contributed by atoms with Gasteiger partial charge in [-0.15, -0.1) is 0 Å². The minimum absolute atomic E-state index is 0.191. The standard InChI is InChI=1S/C15H15N3O3S/c1-11-2-6-13(7-3-11)22(20,21)14-8-4-12(5-9-14)10-17-18-15(16)19/h2-10H,1H3,(H3,16,18,19). The fraction of sp³-hybridized carbons (Fsp3) is 0.0667. The van der Waals surface area contributed by atoms with E-state index in [0.717, 1.165) is 5.56 Å². The van der Waals surface area contributed by atoms with Crippen LogP contribution in [-0.2, 0) is 9.84 Å². The molecule has 0 heterocycles. The summed E-state index contributed by atoms with van der Waals surface area (Å²) in [4.78, 5) is 10.9. The van der Waals surface area contributed by atoms with Crippen molar-refractivity contribution in [2.75, 3.05) is 0 Å². The molecule has 0 aliphatic rings. The summed E-state index contributed by atoms with van der Waals surface area (Å²) in [5, 5.41) is 3.60. The van der Waals surface area contributed by atoms with Gasteiger partial charge < -0.3 is 5.73 Å². The first-order chi connectivity index (χ1) is 10.4. The highest BCUT2D eigenvalue weighted by Crippen LogP contribution is 2.21. The number of carbonyl (C=O) groups excluding carboxylic acids is 1. The first-order valence-electron chi connectivity index (χ1n) is 6.40. The maximum Gasteiger partial charge on any atom is 0.332 e. The fourth-order valence-corrected chi connectivity index (χ4v) is 3.02. The molecule has 0 aromatic heterocycles. The highest BCUT2D eigenvalue weighted by atomic mass is 32.2. The maximum atomic E-state index is 12.5. The topological polar surface area (TPSA) is 102 Å². The van der Waals surface area contributed by atoms with Crippen molar-refractivity contribution in [1.29, 1.82) is 0 Å². The molecule has 2 aromatic carbocycles. The third-order valence-corrected chi connectivity index (χ3v) is 4.70. The molecular formula is C15H15N3O3S. The highest BCUT2D eigenvalue weighted by molar-refractivity contribution is 7.91. The molecule has 0 unspecified atom stereocenters. The Morgan fingerprint density at radius 3 is 2.05 bits per heavy atom. The zero-order valence-corrected chi connectivity index (χ0v) is 12.7. The first kappa shape index (κ1) is 15.7. The second-order valence-electron chi connectivity index (χ2n) is 4.62. The largest absolute Gasteiger partial charge is 0.350 e. The normalized spacial score (nSPS) is 11.5. The summed E-state index contributed by atoms with van der Waals surface area (Å²) in [6.07, 6.45) is 1.37. The Hall–Kier alpha value is -2.67. The Bertz CT molecular complexity index is 795. The number of amides is 2. The molecule has 22 heavy (non-hydrogen) atoms. The van der Waals surface area contributed by atoms with E-state index in [9.17, 15) is 13.2 Å². The molecule has 0 fully saturated rings. The summed E-state index contributed by atoms with van der Waals surface area (Å²) in [7, 11) is -3.54. The molecule has 0 spiro atoms. The molecule has 2 rings (SSSR count). The Kier molecular flexibility index (Phi) is 4.57. The zero-order valence-electron chi connectivity index (χ0n) is 11.9. The van der Waals surface area contributed by atoms with Crippen LogP contribution < -0.4 is 11.2 Å². The lowest BCUT2D eigenvalue weighted by atomic mass is 10.2. The highest BCUT2D eigenvalue weighted by Gasteiger charge is 2.16. The van der Waals surface area contributed by atoms with Gasteiger partial charge in [0.1, 0.15) is 0 Å². The van der Waals surface area contributed by atoms with Crippen LogP contribution in [0.2, 0.25) is 0 Å². The van der Waals surface area contributed by atoms with E-state index in [1.54, 1.807) is 36.4 Å². The van der Waals surface area contributed by atoms with E-state index < -0.39 is 15.9 Å². The van der Waals surface area contributed by atoms with Crippen LogP contribution in [0.1, 0.15) is 11.1 Å². The summed E-state index contributed by atoms with van der Waals surface area (Å²) in [5.41, 5.74) is 8.56. The van der Waals surface area contributed by atoms with Crippen LogP contribution in [-0.4, -0.2) is 20.7 Å². The van der Waals surface area contributed by atoms with E-state index in [1.165, 1.54) is 18.3 Å². The van der Waals surface area contributed by atoms with Crippen LogP contribution in [0.15, 0.2) is 63.4 Å². The van der Waals surface area contributed by atoms with Gasteiger partial charge in [0.05, 0.1) is 16.0 Å². The predicted octanol–water partition coefficient (Wildman–Crippen LogP) is 1.83. The number of nitrogens with one attached hydrogen (secondary N) is 1. The third kappa shape index (κ3) is 3.70. The average molecular weight is 317 g/mol. The maximum absolute atomic E-state index is 12.5. The molecule has 3 N–H and O–H groups in total. The van der Waals surface area contributed by atoms with Gasteiger partial charge in [-0.3, -0.25) is 0 Å². The molecule has 0 aliphatic carbocycles. The number of benzene rings is 2. The van der Waals surface area contributed by atoms with Crippen LogP contribution >= 0.6 is 0 Å². The van der Waals surface area contributed by atoms with Crippen LogP contribution in [0.5, 0.6) is 0 Å². The summed E-state index contributed by atoms with van der Waals surface area (Å²) in [6, 6.07) is 12.1. The van der Waals surface area contributed by atoms with Gasteiger partial charge >= 0.3 is 6.03 Å². The number of hydrogen-bond acceptors (Lipinski definition) is 4. The van der Waals surface area contributed by atoms with Gasteiger partial charge in [-0.2, -0.15) is 5.10 Å². The smallest absolute Gasteiger partial charge is 0.332 e. The van der Waals surface area contributed by atoms with Gasteiger partial charge in [0.15, 0.2) is 0 Å². The number of urea groups is 1. The van der Waals surface area contributed by atoms with E-state index in [4.69, 9.17) is 5.73 Å². The molecule has 0 saturated carbocycles. The molecule has 7 heteroatoms. The van der Waals surface area contributed by atoms with Crippen LogP contribution in [0.3, 0.4) is 0 Å². The van der Waals surface area contributed by atoms with Gasteiger partial charge in [0.2, 0.25) is 9.84 Å². The molecule has 0 bridgehead atoms. The van der Waals surface area contributed by atoms with E-state index in [2.05, 4.69) is 10.5 Å². The van der Waals surface area contributed by atoms with Crippen molar-refractivity contribution in [3.8, 4) is 0 Å². The monoisotopic (exact) mass is 317 g/mol. The van der Waals surface area contributed by atoms with Gasteiger partial charge in [0, 0.05) is 0 Å². The molecule has 0 radical (unpaired) electrons. The molecule has 2 aromatic rings. The quantitative estimate of drug-likeness (QED) is 0.664. The second kappa shape index (κ2) is 6.40. The van der Waals surface area contributed by atoms with E-state index >= 15 is 0 Å². The number of hydrazone groups is 1. The van der Waals surface area contributed by atoms with Crippen molar-refractivity contribution >= 4 is 22.1 Å². The van der Waals surface area contributed by atoms with Crippen LogP contribution in [0.4, 0.5) is 4.79 Å². The van der Waals surface area contributed by atoms with Crippen molar-refractivity contribution in [2.45, 2.75) is 16.7 Å². The Balaban J connectivity index is 2.24. The van der Waals surface area contributed by atoms with Crippen molar-refractivity contribution in [3.05, 3.63) is 59.7 Å². The summed E-state index contributed by atoms with van der Waals surface area (Å²) >= 11 is 0. The molecule has 0 atom stereocenters. The first-order valence-corrected chi connectivity index (χ1v) is 7.88. The van der Waals surface area contributed by atoms with E-state index in [1.807, 2.05) is 6.92 Å². The van der Waals surface area contributed by atoms with Crippen molar-refractivity contribution in [3.63, 3.8) is 0 Å². The van der Waals surface area contributed by atoms with Crippen LogP contribution in [0, 0.1) is 6.92 Å². The molecule has 0 aliphatic heterocycles. The molecular weight excluding hydrogens is 302 g/mol. The fourth-order valence-electron chi connectivity index (χ4n) is 1.76. The van der Waals surface area contributed by atoms with Gasteiger partial charge in [-0.05, 0) is 36.8 Å². The molecule has 2 amide bonds. The number of primary amides is 1. The average Bonchev–Trinajstić information content (AvgIpc) is 2.48. The number of aryl methyl sites for hydroxylation is 1. The second-order valence-corrected chi connectivity index (χ2v) is 6.57. The summed E-state index contributed by atoms with van der Waals surface area (Å²) in [6.45, 7) is 1.89. The molecule has 114 valence electrons. The lowest BCUT2D eigenvalue weighted by Crippen LogP contribution is -2.24. The number of nitrogens with two attached hydrogens (primary N) is 1. The number of nitrogens with zero attached hydrogens (tertiary/aromatic N) is 1. The summed E-state index contributed by atoms with van der Waals surface area (Å²) < 4.78 is 24.9. The van der Waals surface area contributed by atoms with Gasteiger partial charge in [-0.1, -0.05) is 29.8 Å². The van der Waals surface area contributed by atoms with Crippen molar-refractivity contribution < 1.29 is 13.2 Å². The van der Waals surface area contributed by atoms with Gasteiger partial charge in [0.25, 0.3) is 0 Å². The Labute approximate surface area is 128 Å². The third-order valence-electron chi connectivity index (χ3n) is 2.91. The lowest BCUT2D eigenvalue weighted by molar-refractivity contribution is 0.249. The number of rotatable bonds is 4. The Morgan fingerprint density at radius 1 is 1.05 bits per heavy atom.